The Labute approximate surface area is 93.6 Å². The van der Waals surface area contributed by atoms with Crippen LogP contribution in [0.5, 0.6) is 0 Å². The molecule has 0 heterocycles. The number of hydrogen-bond donors (Lipinski definition) is 2. The third kappa shape index (κ3) is 2.13. The van der Waals surface area contributed by atoms with Crippen LogP contribution >= 0.6 is 11.6 Å². The molecule has 1 amide bonds. The van der Waals surface area contributed by atoms with Gasteiger partial charge in [-0.3, -0.25) is 4.79 Å². The summed E-state index contributed by atoms with van der Waals surface area (Å²) < 4.78 is 0. The van der Waals surface area contributed by atoms with Crippen LogP contribution in [-0.2, 0) is 11.2 Å². The predicted molar refractivity (Wildman–Crippen MR) is 59.7 cm³/mol. The highest BCUT2D eigenvalue weighted by atomic mass is 35.5. The minimum atomic E-state index is -0.109. The molecule has 1 aliphatic carbocycles. The highest BCUT2D eigenvalue weighted by Crippen LogP contribution is 2.32. The van der Waals surface area contributed by atoms with Gasteiger partial charge in [-0.2, -0.15) is 0 Å². The molecule has 1 aromatic carbocycles. The van der Waals surface area contributed by atoms with Crippen molar-refractivity contribution < 1.29 is 4.79 Å². The average molecular weight is 225 g/mol. The zero-order valence-corrected chi connectivity index (χ0v) is 9.05. The molecular weight excluding hydrogens is 212 g/mol. The number of nitrogens with two attached hydrogens (primary N) is 1. The van der Waals surface area contributed by atoms with Crippen molar-refractivity contribution in [3.63, 3.8) is 0 Å². The van der Waals surface area contributed by atoms with Crippen molar-refractivity contribution >= 4 is 17.5 Å². The second kappa shape index (κ2) is 4.21. The lowest BCUT2D eigenvalue weighted by molar-refractivity contribution is -0.120. The minimum absolute atomic E-state index is 0.0411. The van der Waals surface area contributed by atoms with Gasteiger partial charge in [0.25, 0.3) is 0 Å². The van der Waals surface area contributed by atoms with Gasteiger partial charge in [0.1, 0.15) is 0 Å². The molecule has 0 spiro atoms. The van der Waals surface area contributed by atoms with Gasteiger partial charge in [0.05, 0.1) is 12.6 Å². The second-order valence-electron chi connectivity index (χ2n) is 3.71. The molecule has 4 heteroatoms. The molecule has 1 atom stereocenters. The Morgan fingerprint density at radius 3 is 3.13 bits per heavy atom. The number of halogens is 1. The Morgan fingerprint density at radius 2 is 2.40 bits per heavy atom. The molecule has 0 saturated carbocycles. The van der Waals surface area contributed by atoms with E-state index in [2.05, 4.69) is 5.32 Å². The molecular formula is C11H13ClN2O. The van der Waals surface area contributed by atoms with Crippen LogP contribution in [0.3, 0.4) is 0 Å². The van der Waals surface area contributed by atoms with E-state index in [9.17, 15) is 4.79 Å². The van der Waals surface area contributed by atoms with Crippen molar-refractivity contribution in [2.75, 3.05) is 6.54 Å². The van der Waals surface area contributed by atoms with Crippen LogP contribution in [0.1, 0.15) is 23.6 Å². The van der Waals surface area contributed by atoms with Gasteiger partial charge < -0.3 is 11.1 Å². The van der Waals surface area contributed by atoms with Gasteiger partial charge in [-0.25, -0.2) is 0 Å². The van der Waals surface area contributed by atoms with Crippen LogP contribution in [0, 0.1) is 0 Å². The maximum absolute atomic E-state index is 11.2. The van der Waals surface area contributed by atoms with E-state index in [1.165, 1.54) is 11.1 Å². The van der Waals surface area contributed by atoms with Crippen LogP contribution < -0.4 is 11.1 Å². The Hall–Kier alpha value is -1.06. The molecule has 0 aliphatic heterocycles. The molecule has 0 saturated heterocycles. The van der Waals surface area contributed by atoms with Gasteiger partial charge >= 0.3 is 0 Å². The summed E-state index contributed by atoms with van der Waals surface area (Å²) in [6.45, 7) is 0.0411. The number of rotatable bonds is 2. The van der Waals surface area contributed by atoms with E-state index in [0.717, 1.165) is 17.9 Å². The van der Waals surface area contributed by atoms with E-state index in [4.69, 9.17) is 17.3 Å². The standard InChI is InChI=1S/C11H13ClN2O/c12-8-2-3-9-7(5-8)1-4-10(9)14-11(15)6-13/h2-3,5,10H,1,4,6,13H2,(H,14,15). The van der Waals surface area contributed by atoms with Crippen LogP contribution in [-0.4, -0.2) is 12.5 Å². The summed E-state index contributed by atoms with van der Waals surface area (Å²) in [5.41, 5.74) is 7.66. The normalized spacial score (nSPS) is 18.7. The van der Waals surface area contributed by atoms with E-state index >= 15 is 0 Å². The lowest BCUT2D eigenvalue weighted by atomic mass is 10.1. The first-order valence-corrected chi connectivity index (χ1v) is 5.36. The smallest absolute Gasteiger partial charge is 0.234 e. The van der Waals surface area contributed by atoms with Crippen LogP contribution in [0.15, 0.2) is 18.2 Å². The number of nitrogens with one attached hydrogen (secondary N) is 1. The van der Waals surface area contributed by atoms with Crippen molar-refractivity contribution in [1.29, 1.82) is 0 Å². The molecule has 80 valence electrons. The largest absolute Gasteiger partial charge is 0.348 e. The monoisotopic (exact) mass is 224 g/mol. The summed E-state index contributed by atoms with van der Waals surface area (Å²) in [4.78, 5) is 11.2. The lowest BCUT2D eigenvalue weighted by Crippen LogP contribution is -2.32. The van der Waals surface area contributed by atoms with Crippen molar-refractivity contribution in [2.45, 2.75) is 18.9 Å². The lowest BCUT2D eigenvalue weighted by Gasteiger charge is -2.13. The van der Waals surface area contributed by atoms with Crippen molar-refractivity contribution in [1.82, 2.24) is 5.32 Å². The van der Waals surface area contributed by atoms with E-state index in [-0.39, 0.29) is 18.5 Å². The van der Waals surface area contributed by atoms with Gasteiger partial charge in [0.2, 0.25) is 5.91 Å². The van der Waals surface area contributed by atoms with Gasteiger partial charge in [-0.15, -0.1) is 0 Å². The number of hydrogen-bond acceptors (Lipinski definition) is 2. The van der Waals surface area contributed by atoms with Gasteiger partial charge in [0.15, 0.2) is 0 Å². The van der Waals surface area contributed by atoms with Gasteiger partial charge in [0, 0.05) is 5.02 Å². The number of carbonyl (C=O) groups excluding carboxylic acids is 1. The molecule has 1 aliphatic rings. The molecule has 0 aromatic heterocycles. The summed E-state index contributed by atoms with van der Waals surface area (Å²) in [5.74, 6) is -0.109. The third-order valence-corrected chi connectivity index (χ3v) is 2.94. The topological polar surface area (TPSA) is 55.1 Å². The first kappa shape index (κ1) is 10.5. The van der Waals surface area contributed by atoms with Crippen molar-refractivity contribution in [2.24, 2.45) is 5.73 Å². The molecule has 1 aromatic rings. The van der Waals surface area contributed by atoms with Gasteiger partial charge in [-0.05, 0) is 36.1 Å². The van der Waals surface area contributed by atoms with E-state index in [0.29, 0.717) is 0 Å². The number of fused-ring (bicyclic) bond motifs is 1. The van der Waals surface area contributed by atoms with E-state index in [1.54, 1.807) is 0 Å². The fraction of sp³-hybridized carbons (Fsp3) is 0.364. The molecule has 3 nitrogen and oxygen atoms in total. The fourth-order valence-corrected chi connectivity index (χ4v) is 2.18. The molecule has 1 unspecified atom stereocenters. The Bertz CT molecular complexity index is 392. The predicted octanol–water partition coefficient (Wildman–Crippen LogP) is 1.40. The van der Waals surface area contributed by atoms with Crippen molar-refractivity contribution in [3.8, 4) is 0 Å². The van der Waals surface area contributed by atoms with Crippen molar-refractivity contribution in [3.05, 3.63) is 34.3 Å². The minimum Gasteiger partial charge on any atom is -0.348 e. The maximum Gasteiger partial charge on any atom is 0.234 e. The summed E-state index contributed by atoms with van der Waals surface area (Å²) >= 11 is 5.90. The summed E-state index contributed by atoms with van der Waals surface area (Å²) in [6, 6.07) is 5.90. The highest BCUT2D eigenvalue weighted by Gasteiger charge is 2.23. The van der Waals surface area contributed by atoms with Crippen LogP contribution in [0.2, 0.25) is 5.02 Å². The molecule has 0 bridgehead atoms. The molecule has 15 heavy (non-hydrogen) atoms. The number of benzene rings is 1. The number of amides is 1. The quantitative estimate of drug-likeness (QED) is 0.798. The second-order valence-corrected chi connectivity index (χ2v) is 4.14. The van der Waals surface area contributed by atoms with Crippen LogP contribution in [0.25, 0.3) is 0 Å². The Kier molecular flexibility index (Phi) is 2.93. The Morgan fingerprint density at radius 1 is 1.60 bits per heavy atom. The molecule has 0 radical (unpaired) electrons. The number of carbonyl (C=O) groups is 1. The zero-order chi connectivity index (χ0) is 10.8. The fourth-order valence-electron chi connectivity index (χ4n) is 1.99. The van der Waals surface area contributed by atoms with E-state index in [1.807, 2.05) is 18.2 Å². The van der Waals surface area contributed by atoms with Crippen LogP contribution in [0.4, 0.5) is 0 Å². The average Bonchev–Trinajstić information content (AvgIpc) is 2.60. The molecule has 0 fully saturated rings. The first-order valence-electron chi connectivity index (χ1n) is 4.98. The SMILES string of the molecule is NCC(=O)NC1CCc2cc(Cl)ccc21. The zero-order valence-electron chi connectivity index (χ0n) is 8.29. The summed E-state index contributed by atoms with van der Waals surface area (Å²) in [6.07, 6.45) is 1.90. The van der Waals surface area contributed by atoms with E-state index < -0.39 is 0 Å². The molecule has 2 rings (SSSR count). The Balaban J connectivity index is 2.18. The highest BCUT2D eigenvalue weighted by molar-refractivity contribution is 6.30. The maximum atomic E-state index is 11.2. The number of aryl methyl sites for hydroxylation is 1. The third-order valence-electron chi connectivity index (χ3n) is 2.70. The summed E-state index contributed by atoms with van der Waals surface area (Å²) in [7, 11) is 0. The summed E-state index contributed by atoms with van der Waals surface area (Å²) in [5, 5.41) is 3.65. The first-order chi connectivity index (χ1) is 7.20. The molecule has 3 N–H and O–H groups in total. The van der Waals surface area contributed by atoms with Gasteiger partial charge in [-0.1, -0.05) is 17.7 Å².